The molecule has 2 saturated carbocycles. The maximum Gasteiger partial charge on any atom is 4.00 e. The van der Waals surface area contributed by atoms with Crippen LogP contribution in [0.25, 0.3) is 10.6 Å². The second-order valence-corrected chi connectivity index (χ2v) is 23.3. The Kier molecular flexibility index (Phi) is 65.7. The van der Waals surface area contributed by atoms with E-state index in [1.165, 1.54) is 108 Å². The summed E-state index contributed by atoms with van der Waals surface area (Å²) in [7, 11) is 22.0. The molecular formula is C37H77Cl3N2Zr2-. The Balaban J connectivity index is -0.0000000781. The third-order valence-electron chi connectivity index (χ3n) is 7.50. The maximum absolute atomic E-state index is 5.00. The van der Waals surface area contributed by atoms with Crippen molar-refractivity contribution >= 4 is 25.5 Å². The summed E-state index contributed by atoms with van der Waals surface area (Å²) in [5.74, 6) is 4.24. The zero-order valence-corrected chi connectivity index (χ0v) is 39.0. The molecule has 0 radical (unpaired) electrons. The van der Waals surface area contributed by atoms with E-state index in [0.29, 0.717) is 0 Å². The van der Waals surface area contributed by atoms with Gasteiger partial charge in [0.05, 0.1) is 0 Å². The second-order valence-electron chi connectivity index (χ2n) is 12.1. The van der Waals surface area contributed by atoms with E-state index in [1.54, 1.807) is 33.8 Å². The van der Waals surface area contributed by atoms with Gasteiger partial charge < -0.3 is 32.9 Å². The normalized spacial score (nSPS) is 20.3. The van der Waals surface area contributed by atoms with Crippen LogP contribution in [0, 0.1) is 46.0 Å². The van der Waals surface area contributed by atoms with Gasteiger partial charge in [0, 0.05) is 0 Å². The topological polar surface area (TPSA) is 28.2 Å². The van der Waals surface area contributed by atoms with E-state index >= 15 is 0 Å². The summed E-state index contributed by atoms with van der Waals surface area (Å²) >= 11 is -2.13. The zero-order valence-electron chi connectivity index (χ0n) is 31.8. The SMILES string of the molecule is CCCCC1=CC=C(C)C1.CCCCC1CCC(C)C1.CCCCC1CCC(C)C1.C[N-]C.C[N-]C.[CH3-].[CH3-].[CH3-].[Cl][Zr]([Cl])[Cl].[Zr+4]. The average Bonchev–Trinajstić information content (AvgIpc) is 3.63. The first-order chi connectivity index (χ1) is 19.0. The fourth-order valence-electron chi connectivity index (χ4n) is 5.47. The predicted molar refractivity (Wildman–Crippen MR) is 205 cm³/mol. The molecule has 7 heteroatoms. The molecule has 3 aliphatic rings. The summed E-state index contributed by atoms with van der Waals surface area (Å²) in [6.45, 7) is 13.8. The third kappa shape index (κ3) is 48.4. The van der Waals surface area contributed by atoms with Crippen molar-refractivity contribution in [1.82, 2.24) is 0 Å². The summed E-state index contributed by atoms with van der Waals surface area (Å²) in [6, 6.07) is 0. The molecule has 2 nitrogen and oxygen atoms in total. The smallest absolute Gasteiger partial charge is 4.00 e. The van der Waals surface area contributed by atoms with Crippen LogP contribution < -0.4 is 0 Å². The minimum Gasteiger partial charge on any atom is 4.00 e. The summed E-state index contributed by atoms with van der Waals surface area (Å²) in [5.41, 5.74) is 3.14. The Hall–Kier alpha value is 2.04. The molecule has 265 valence electrons. The van der Waals surface area contributed by atoms with Crippen LogP contribution in [0.3, 0.4) is 0 Å². The number of rotatable bonds is 9. The molecule has 3 aliphatic carbocycles. The standard InChI is InChI=1S/2C10H20.C10H16.2C2H6N.3CH3.3ClH.2Zr/c3*1-3-4-5-10-7-6-9(2)8-10;2*1-3-2;;;;;;;;/h2*9-10H,3-8H2,1-2H3;6-7H,3-5,8H2,1-2H3;2*1-2H3;3*1H3;3*1H;;/q;;;5*-1;;;;+3;+4/p-3. The van der Waals surface area contributed by atoms with Crippen molar-refractivity contribution in [2.45, 2.75) is 144 Å². The van der Waals surface area contributed by atoms with Crippen LogP contribution in [0.2, 0.25) is 0 Å². The van der Waals surface area contributed by atoms with Gasteiger partial charge in [-0.05, 0) is 62.7 Å². The molecule has 4 atom stereocenters. The van der Waals surface area contributed by atoms with Gasteiger partial charge in [0.15, 0.2) is 0 Å². The predicted octanol–water partition coefficient (Wildman–Crippen LogP) is 15.3. The molecule has 44 heavy (non-hydrogen) atoms. The first-order valence-corrected chi connectivity index (χ1v) is 25.7. The number of hydrogen-bond acceptors (Lipinski definition) is 0. The minimum atomic E-state index is -2.13. The van der Waals surface area contributed by atoms with Crippen LogP contribution in [-0.2, 0) is 44.4 Å². The van der Waals surface area contributed by atoms with Crippen molar-refractivity contribution in [2.75, 3.05) is 28.2 Å². The summed E-state index contributed by atoms with van der Waals surface area (Å²) in [5, 5.41) is 7.00. The molecule has 0 heterocycles. The molecule has 0 aromatic carbocycles. The quantitative estimate of drug-likeness (QED) is 0.207. The van der Waals surface area contributed by atoms with Gasteiger partial charge in [-0.1, -0.05) is 129 Å². The van der Waals surface area contributed by atoms with Crippen molar-refractivity contribution in [2.24, 2.45) is 23.7 Å². The van der Waals surface area contributed by atoms with Gasteiger partial charge in [-0.3, -0.25) is 0 Å². The van der Waals surface area contributed by atoms with Gasteiger partial charge in [-0.2, -0.15) is 28.2 Å². The van der Waals surface area contributed by atoms with E-state index in [-0.39, 0.29) is 48.5 Å². The molecule has 0 aromatic heterocycles. The molecule has 2 fully saturated rings. The van der Waals surface area contributed by atoms with E-state index in [9.17, 15) is 0 Å². The minimum absolute atomic E-state index is 0. The van der Waals surface area contributed by atoms with Crippen molar-refractivity contribution in [3.63, 3.8) is 0 Å². The third-order valence-corrected chi connectivity index (χ3v) is 7.50. The number of allylic oxidation sites excluding steroid dienone is 4. The fourth-order valence-corrected chi connectivity index (χ4v) is 5.47. The molecule has 0 spiro atoms. The second kappa shape index (κ2) is 47.2. The average molecular weight is 839 g/mol. The molecule has 0 saturated heterocycles. The molecule has 0 N–H and O–H groups in total. The van der Waals surface area contributed by atoms with E-state index in [2.05, 4.69) is 64.3 Å². The van der Waals surface area contributed by atoms with Gasteiger partial charge in [0.1, 0.15) is 0 Å². The fraction of sp³-hybridized carbons (Fsp3) is 0.811. The van der Waals surface area contributed by atoms with Crippen molar-refractivity contribution in [3.8, 4) is 0 Å². The first kappa shape index (κ1) is 61.3. The summed E-state index contributed by atoms with van der Waals surface area (Å²) in [4.78, 5) is 0. The van der Waals surface area contributed by atoms with E-state index < -0.39 is 18.2 Å². The summed E-state index contributed by atoms with van der Waals surface area (Å²) in [6.07, 6.45) is 27.5. The van der Waals surface area contributed by atoms with Crippen LogP contribution in [0.5, 0.6) is 0 Å². The zero-order chi connectivity index (χ0) is 31.2. The first-order valence-electron chi connectivity index (χ1n) is 16.2. The van der Waals surface area contributed by atoms with Gasteiger partial charge in [-0.15, -0.1) is 0 Å². The molecule has 0 aliphatic heterocycles. The Morgan fingerprint density at radius 3 is 1.25 bits per heavy atom. The molecule has 4 unspecified atom stereocenters. The van der Waals surface area contributed by atoms with Crippen LogP contribution in [0.4, 0.5) is 0 Å². The largest absolute Gasteiger partial charge is 4.00 e. The van der Waals surface area contributed by atoms with Crippen molar-refractivity contribution in [1.29, 1.82) is 0 Å². The molecule has 0 bridgehead atoms. The van der Waals surface area contributed by atoms with Crippen LogP contribution >= 0.6 is 25.5 Å². The van der Waals surface area contributed by atoms with Crippen LogP contribution in [-0.4, -0.2) is 28.2 Å². The van der Waals surface area contributed by atoms with Gasteiger partial charge >= 0.3 is 69.9 Å². The number of nitrogens with zero attached hydrogens (tertiary/aromatic N) is 2. The van der Waals surface area contributed by atoms with Crippen LogP contribution in [0.1, 0.15) is 144 Å². The van der Waals surface area contributed by atoms with Crippen LogP contribution in [0.15, 0.2) is 23.3 Å². The van der Waals surface area contributed by atoms with E-state index in [4.69, 9.17) is 25.5 Å². The van der Waals surface area contributed by atoms with Gasteiger partial charge in [-0.25, -0.2) is 0 Å². The molecule has 0 amide bonds. The van der Waals surface area contributed by atoms with E-state index in [0.717, 1.165) is 23.7 Å². The Morgan fingerprint density at radius 1 is 0.682 bits per heavy atom. The summed E-state index contributed by atoms with van der Waals surface area (Å²) < 4.78 is 0. The monoisotopic (exact) mass is 834 g/mol. The molecule has 0 aromatic rings. The Bertz CT molecular complexity index is 546. The van der Waals surface area contributed by atoms with Gasteiger partial charge in [0.2, 0.25) is 0 Å². The Labute approximate surface area is 319 Å². The number of hydrogen-bond donors (Lipinski definition) is 0. The Morgan fingerprint density at radius 2 is 1.02 bits per heavy atom. The van der Waals surface area contributed by atoms with Gasteiger partial charge in [0.25, 0.3) is 0 Å². The maximum atomic E-state index is 5.00. The van der Waals surface area contributed by atoms with Crippen molar-refractivity contribution < 1.29 is 44.4 Å². The number of unbranched alkanes of at least 4 members (excludes halogenated alkanes) is 3. The molecular weight excluding hydrogens is 761 g/mol. The number of halogens is 3. The van der Waals surface area contributed by atoms with Crippen molar-refractivity contribution in [3.05, 3.63) is 56.2 Å². The van der Waals surface area contributed by atoms with E-state index in [1.807, 2.05) is 0 Å². The molecule has 3 rings (SSSR count).